The zero-order valence-electron chi connectivity index (χ0n) is 18.7. The van der Waals surface area contributed by atoms with Gasteiger partial charge < -0.3 is 25.4 Å². The predicted molar refractivity (Wildman–Crippen MR) is 134 cm³/mol. The number of sulfonamides is 1. The first-order valence-corrected chi connectivity index (χ1v) is 12.8. The minimum Gasteiger partial charge on any atom is -0.506 e. The zero-order chi connectivity index (χ0) is 25.6. The molecule has 9 nitrogen and oxygen atoms in total. The SMILES string of the molecule is CS(=O)(=O)Nc1cc([C@H](O)CNCCOc2ccc(-c3ccc(C(=O)O)cc3)cc2Cl)ccc1O. The van der Waals surface area contributed by atoms with Crippen LogP contribution in [-0.4, -0.2) is 55.7 Å². The van der Waals surface area contributed by atoms with Crippen LogP contribution in [0.5, 0.6) is 11.5 Å². The molecule has 0 aliphatic carbocycles. The third-order valence-electron chi connectivity index (χ3n) is 4.97. The van der Waals surface area contributed by atoms with Crippen molar-refractivity contribution >= 4 is 33.3 Å². The van der Waals surface area contributed by atoms with Crippen LogP contribution < -0.4 is 14.8 Å². The van der Waals surface area contributed by atoms with Gasteiger partial charge >= 0.3 is 5.97 Å². The number of nitrogens with one attached hydrogen (secondary N) is 2. The second-order valence-electron chi connectivity index (χ2n) is 7.75. The summed E-state index contributed by atoms with van der Waals surface area (Å²) in [6.07, 6.45) is 0.0289. The summed E-state index contributed by atoms with van der Waals surface area (Å²) in [6.45, 7) is 0.847. The largest absolute Gasteiger partial charge is 0.506 e. The van der Waals surface area contributed by atoms with Gasteiger partial charge in [0.2, 0.25) is 10.0 Å². The number of phenolic OH excluding ortho intramolecular Hbond substituents is 1. The lowest BCUT2D eigenvalue weighted by Crippen LogP contribution is -2.26. The number of hydrogen-bond donors (Lipinski definition) is 5. The average Bonchev–Trinajstić information content (AvgIpc) is 2.80. The Morgan fingerprint density at radius 3 is 2.37 bits per heavy atom. The van der Waals surface area contributed by atoms with Gasteiger partial charge in [0.05, 0.1) is 28.6 Å². The van der Waals surface area contributed by atoms with Crippen LogP contribution in [0.4, 0.5) is 5.69 Å². The first-order chi connectivity index (χ1) is 16.5. The van der Waals surface area contributed by atoms with E-state index in [-0.39, 0.29) is 30.2 Å². The molecule has 0 amide bonds. The molecule has 0 bridgehead atoms. The number of phenols is 1. The Kier molecular flexibility index (Phi) is 8.57. The Hall–Kier alpha value is -3.31. The number of carboxylic acids is 1. The van der Waals surface area contributed by atoms with E-state index in [9.17, 15) is 23.4 Å². The normalized spacial score (nSPS) is 12.2. The molecule has 1 atom stereocenters. The topological polar surface area (TPSA) is 145 Å². The second-order valence-corrected chi connectivity index (χ2v) is 9.90. The van der Waals surface area contributed by atoms with Gasteiger partial charge in [-0.1, -0.05) is 35.9 Å². The highest BCUT2D eigenvalue weighted by Crippen LogP contribution is 2.31. The summed E-state index contributed by atoms with van der Waals surface area (Å²) >= 11 is 6.33. The van der Waals surface area contributed by atoms with Crippen LogP contribution in [0.3, 0.4) is 0 Å². The van der Waals surface area contributed by atoms with E-state index in [1.165, 1.54) is 30.3 Å². The Labute approximate surface area is 208 Å². The van der Waals surface area contributed by atoms with Gasteiger partial charge in [0, 0.05) is 13.1 Å². The van der Waals surface area contributed by atoms with E-state index >= 15 is 0 Å². The van der Waals surface area contributed by atoms with Crippen molar-refractivity contribution in [3.8, 4) is 22.6 Å². The van der Waals surface area contributed by atoms with Gasteiger partial charge in [-0.3, -0.25) is 4.72 Å². The number of aliphatic hydroxyl groups excluding tert-OH is 1. The van der Waals surface area contributed by atoms with Crippen LogP contribution in [-0.2, 0) is 10.0 Å². The molecule has 3 aromatic rings. The van der Waals surface area contributed by atoms with E-state index in [2.05, 4.69) is 10.0 Å². The fourth-order valence-corrected chi connectivity index (χ4v) is 4.03. The lowest BCUT2D eigenvalue weighted by molar-refractivity contribution is 0.0697. The fourth-order valence-electron chi connectivity index (χ4n) is 3.23. The van der Waals surface area contributed by atoms with Crippen LogP contribution in [0.25, 0.3) is 11.1 Å². The van der Waals surface area contributed by atoms with E-state index in [1.54, 1.807) is 24.3 Å². The van der Waals surface area contributed by atoms with E-state index in [0.29, 0.717) is 22.9 Å². The van der Waals surface area contributed by atoms with Crippen molar-refractivity contribution in [3.05, 3.63) is 76.8 Å². The summed E-state index contributed by atoms with van der Waals surface area (Å²) in [5.41, 5.74) is 2.26. The summed E-state index contributed by atoms with van der Waals surface area (Å²) in [5.74, 6) is -0.751. The molecule has 3 aromatic carbocycles. The zero-order valence-corrected chi connectivity index (χ0v) is 20.3. The maximum Gasteiger partial charge on any atom is 0.335 e. The summed E-state index contributed by atoms with van der Waals surface area (Å²) in [7, 11) is -3.58. The monoisotopic (exact) mass is 520 g/mol. The third kappa shape index (κ3) is 7.59. The van der Waals surface area contributed by atoms with Crippen molar-refractivity contribution < 1.29 is 33.3 Å². The third-order valence-corrected chi connectivity index (χ3v) is 5.86. The number of aromatic hydroxyl groups is 1. The van der Waals surface area contributed by atoms with Gasteiger partial charge in [0.15, 0.2) is 0 Å². The van der Waals surface area contributed by atoms with E-state index in [4.69, 9.17) is 21.4 Å². The molecule has 0 fully saturated rings. The highest BCUT2D eigenvalue weighted by atomic mass is 35.5. The molecule has 3 rings (SSSR count). The summed E-state index contributed by atoms with van der Waals surface area (Å²) in [4.78, 5) is 11.0. The maximum atomic E-state index is 11.4. The molecule has 0 heterocycles. The van der Waals surface area contributed by atoms with Crippen molar-refractivity contribution in [1.29, 1.82) is 0 Å². The van der Waals surface area contributed by atoms with Gasteiger partial charge in [0.25, 0.3) is 0 Å². The van der Waals surface area contributed by atoms with Gasteiger partial charge in [0.1, 0.15) is 18.1 Å². The fraction of sp³-hybridized carbons (Fsp3) is 0.208. The van der Waals surface area contributed by atoms with Crippen LogP contribution in [0.15, 0.2) is 60.7 Å². The molecule has 186 valence electrons. The molecular weight excluding hydrogens is 496 g/mol. The summed E-state index contributed by atoms with van der Waals surface area (Å²) in [5, 5.41) is 32.6. The standard InChI is InChI=1S/C24H25ClN2O7S/c1-35(32,33)27-20-13-18(6-8-21(20)28)22(29)14-26-10-11-34-23-9-7-17(12-19(23)25)15-2-4-16(5-3-15)24(30)31/h2-9,12-13,22,26-29H,10-11,14H2,1H3,(H,30,31)/t22-/m1/s1. The van der Waals surface area contributed by atoms with Gasteiger partial charge in [-0.2, -0.15) is 0 Å². The van der Waals surface area contributed by atoms with Crippen molar-refractivity contribution in [1.82, 2.24) is 5.32 Å². The molecule has 0 saturated heterocycles. The number of hydrogen-bond acceptors (Lipinski definition) is 7. The maximum absolute atomic E-state index is 11.4. The van der Waals surface area contributed by atoms with Crippen molar-refractivity contribution in [2.24, 2.45) is 0 Å². The minimum atomic E-state index is -3.58. The number of carbonyl (C=O) groups is 1. The molecule has 11 heteroatoms. The first kappa shape index (κ1) is 26.3. The average molecular weight is 521 g/mol. The summed E-state index contributed by atoms with van der Waals surface area (Å²) < 4.78 is 30.7. The Bertz CT molecular complexity index is 1300. The Morgan fingerprint density at radius 2 is 1.74 bits per heavy atom. The molecule has 35 heavy (non-hydrogen) atoms. The Morgan fingerprint density at radius 1 is 1.06 bits per heavy atom. The van der Waals surface area contributed by atoms with Crippen molar-refractivity contribution in [2.75, 3.05) is 30.7 Å². The number of aliphatic hydroxyl groups is 1. The van der Waals surface area contributed by atoms with Crippen molar-refractivity contribution in [2.45, 2.75) is 6.10 Å². The molecule has 0 spiro atoms. The molecular formula is C24H25ClN2O7S. The summed E-state index contributed by atoms with van der Waals surface area (Å²) in [6, 6.07) is 15.9. The van der Waals surface area contributed by atoms with Gasteiger partial charge in [-0.25, -0.2) is 13.2 Å². The molecule has 0 aliphatic heterocycles. The number of halogens is 1. The minimum absolute atomic E-state index is 0.0108. The van der Waals surface area contributed by atoms with E-state index < -0.39 is 22.1 Å². The number of benzene rings is 3. The lowest BCUT2D eigenvalue weighted by Gasteiger charge is -2.15. The highest BCUT2D eigenvalue weighted by Gasteiger charge is 2.13. The second kappa shape index (κ2) is 11.4. The van der Waals surface area contributed by atoms with Crippen LogP contribution in [0.2, 0.25) is 5.02 Å². The number of ether oxygens (including phenoxy) is 1. The Balaban J connectivity index is 1.49. The smallest absolute Gasteiger partial charge is 0.335 e. The molecule has 0 radical (unpaired) electrons. The molecule has 0 aromatic heterocycles. The quantitative estimate of drug-likeness (QED) is 0.191. The van der Waals surface area contributed by atoms with Crippen LogP contribution in [0, 0.1) is 0 Å². The molecule has 0 unspecified atom stereocenters. The number of aromatic carboxylic acids is 1. The molecule has 5 N–H and O–H groups in total. The number of carboxylic acid groups (broad SMARTS) is 1. The van der Waals surface area contributed by atoms with Crippen LogP contribution in [0.1, 0.15) is 22.0 Å². The van der Waals surface area contributed by atoms with Gasteiger partial charge in [-0.15, -0.1) is 0 Å². The number of anilines is 1. The van der Waals surface area contributed by atoms with E-state index in [0.717, 1.165) is 17.4 Å². The van der Waals surface area contributed by atoms with Gasteiger partial charge in [-0.05, 0) is 53.1 Å². The first-order valence-electron chi connectivity index (χ1n) is 10.5. The van der Waals surface area contributed by atoms with Crippen molar-refractivity contribution in [3.63, 3.8) is 0 Å². The van der Waals surface area contributed by atoms with E-state index in [1.807, 2.05) is 6.07 Å². The predicted octanol–water partition coefficient (Wildman–Crippen LogP) is 3.48. The highest BCUT2D eigenvalue weighted by molar-refractivity contribution is 7.92. The number of rotatable bonds is 11. The lowest BCUT2D eigenvalue weighted by atomic mass is 10.0. The molecule has 0 aliphatic rings. The molecule has 0 saturated carbocycles. The van der Waals surface area contributed by atoms with Crippen LogP contribution >= 0.6 is 11.6 Å².